The van der Waals surface area contributed by atoms with Gasteiger partial charge in [-0.2, -0.15) is 0 Å². The van der Waals surface area contributed by atoms with Crippen LogP contribution in [-0.2, 0) is 32.7 Å². The Balaban J connectivity index is 1.94. The zero-order chi connectivity index (χ0) is 16.7. The van der Waals surface area contributed by atoms with Gasteiger partial charge >= 0.3 is 0 Å². The summed E-state index contributed by atoms with van der Waals surface area (Å²) in [5.41, 5.74) is 1.77. The lowest BCUT2D eigenvalue weighted by molar-refractivity contribution is 0.405. The normalized spacial score (nSPS) is 23.4. The summed E-state index contributed by atoms with van der Waals surface area (Å²) in [5, 5.41) is 0. The van der Waals surface area contributed by atoms with Crippen LogP contribution < -0.4 is 9.46 Å². The first-order valence-electron chi connectivity index (χ1n) is 7.74. The molecule has 0 radical (unpaired) electrons. The third-order valence-corrected chi connectivity index (χ3v) is 7.89. The Morgan fingerprint density at radius 3 is 2.48 bits per heavy atom. The van der Waals surface area contributed by atoms with Gasteiger partial charge in [0, 0.05) is 6.04 Å². The molecule has 1 heterocycles. The van der Waals surface area contributed by atoms with Crippen molar-refractivity contribution in [3.63, 3.8) is 0 Å². The molecule has 0 aromatic heterocycles. The Bertz CT molecular complexity index is 815. The van der Waals surface area contributed by atoms with E-state index in [1.165, 1.54) is 0 Å². The second kappa shape index (κ2) is 6.07. The fraction of sp³-hybridized carbons (Fsp3) is 0.600. The monoisotopic (exact) mass is 359 g/mol. The summed E-state index contributed by atoms with van der Waals surface area (Å²) >= 11 is 0. The van der Waals surface area contributed by atoms with Crippen LogP contribution in [0.4, 0.5) is 0 Å². The van der Waals surface area contributed by atoms with Gasteiger partial charge in [0.1, 0.15) is 5.75 Å². The number of benzene rings is 1. The molecule has 1 atom stereocenters. The van der Waals surface area contributed by atoms with Gasteiger partial charge in [0.05, 0.1) is 23.5 Å². The van der Waals surface area contributed by atoms with Crippen molar-refractivity contribution in [2.45, 2.75) is 43.0 Å². The molecule has 2 aliphatic rings. The SMILES string of the molecule is COc1ccc(S(=O)(=O)N[C@@H]2CCS(=O)(=O)C2)c2c1CCCC2. The number of sulfonamides is 1. The predicted molar refractivity (Wildman–Crippen MR) is 87.0 cm³/mol. The van der Waals surface area contributed by atoms with Gasteiger partial charge in [0.25, 0.3) is 0 Å². The predicted octanol–water partition coefficient (Wildman–Crippen LogP) is 1.04. The Morgan fingerprint density at radius 2 is 1.87 bits per heavy atom. The van der Waals surface area contributed by atoms with Crippen LogP contribution in [0.15, 0.2) is 17.0 Å². The van der Waals surface area contributed by atoms with Crippen LogP contribution in [-0.4, -0.2) is 41.5 Å². The lowest BCUT2D eigenvalue weighted by Gasteiger charge is -2.22. The summed E-state index contributed by atoms with van der Waals surface area (Å²) < 4.78 is 56.4. The second-order valence-electron chi connectivity index (χ2n) is 6.15. The fourth-order valence-electron chi connectivity index (χ4n) is 3.42. The number of ether oxygens (including phenoxy) is 1. The molecular formula is C15H21NO5S2. The Hall–Kier alpha value is -1.12. The summed E-state index contributed by atoms with van der Waals surface area (Å²) in [6, 6.07) is 2.71. The molecule has 0 bridgehead atoms. The van der Waals surface area contributed by atoms with Crippen molar-refractivity contribution in [2.75, 3.05) is 18.6 Å². The van der Waals surface area contributed by atoms with E-state index >= 15 is 0 Å². The Labute approximate surface area is 137 Å². The minimum absolute atomic E-state index is 0.0426. The first-order valence-corrected chi connectivity index (χ1v) is 11.0. The average molecular weight is 359 g/mol. The summed E-state index contributed by atoms with van der Waals surface area (Å²) in [5.74, 6) is 0.646. The molecule has 1 aliphatic heterocycles. The van der Waals surface area contributed by atoms with Crippen molar-refractivity contribution in [3.8, 4) is 5.75 Å². The molecule has 6 nitrogen and oxygen atoms in total. The first kappa shape index (κ1) is 16.7. The van der Waals surface area contributed by atoms with Crippen molar-refractivity contribution < 1.29 is 21.6 Å². The van der Waals surface area contributed by atoms with Gasteiger partial charge in [-0.15, -0.1) is 0 Å². The van der Waals surface area contributed by atoms with Crippen LogP contribution in [0.25, 0.3) is 0 Å². The molecule has 128 valence electrons. The third-order valence-electron chi connectivity index (χ3n) is 4.51. The lowest BCUT2D eigenvalue weighted by atomic mass is 9.91. The maximum atomic E-state index is 12.7. The van der Waals surface area contributed by atoms with Crippen LogP contribution in [0.2, 0.25) is 0 Å². The summed E-state index contributed by atoms with van der Waals surface area (Å²) in [6.07, 6.45) is 3.80. The van der Waals surface area contributed by atoms with Crippen molar-refractivity contribution in [3.05, 3.63) is 23.3 Å². The molecule has 0 unspecified atom stereocenters. The van der Waals surface area contributed by atoms with Crippen molar-refractivity contribution >= 4 is 19.9 Å². The molecule has 1 N–H and O–H groups in total. The van der Waals surface area contributed by atoms with Gasteiger partial charge in [-0.05, 0) is 55.4 Å². The van der Waals surface area contributed by atoms with Crippen LogP contribution >= 0.6 is 0 Å². The molecule has 1 aliphatic carbocycles. The van der Waals surface area contributed by atoms with E-state index in [1.807, 2.05) is 0 Å². The highest BCUT2D eigenvalue weighted by Gasteiger charge is 2.33. The Kier molecular flexibility index (Phi) is 4.41. The van der Waals surface area contributed by atoms with Gasteiger partial charge in [-0.25, -0.2) is 21.6 Å². The highest BCUT2D eigenvalue weighted by molar-refractivity contribution is 7.92. The standard InChI is InChI=1S/C15H21NO5S2/c1-21-14-6-7-15(13-5-3-2-4-12(13)14)23(19,20)16-11-8-9-22(17,18)10-11/h6-7,11,16H,2-5,8-10H2,1H3/t11-/m1/s1. The van der Waals surface area contributed by atoms with Crippen molar-refractivity contribution in [1.29, 1.82) is 0 Å². The minimum atomic E-state index is -3.73. The van der Waals surface area contributed by atoms with Crippen molar-refractivity contribution in [2.24, 2.45) is 0 Å². The van der Waals surface area contributed by atoms with E-state index < -0.39 is 25.9 Å². The molecule has 0 spiro atoms. The summed E-state index contributed by atoms with van der Waals surface area (Å²) in [7, 11) is -5.27. The number of methoxy groups -OCH3 is 1. The Morgan fingerprint density at radius 1 is 1.17 bits per heavy atom. The fourth-order valence-corrected chi connectivity index (χ4v) is 6.76. The number of rotatable bonds is 4. The topological polar surface area (TPSA) is 89.5 Å². The molecule has 1 saturated heterocycles. The molecule has 8 heteroatoms. The van der Waals surface area contributed by atoms with Crippen LogP contribution in [0.5, 0.6) is 5.75 Å². The van der Waals surface area contributed by atoms with Gasteiger partial charge in [0.15, 0.2) is 9.84 Å². The van der Waals surface area contributed by atoms with E-state index in [-0.39, 0.29) is 16.4 Å². The van der Waals surface area contributed by atoms with E-state index in [0.29, 0.717) is 12.8 Å². The highest BCUT2D eigenvalue weighted by atomic mass is 32.2. The molecule has 1 aromatic carbocycles. The van der Waals surface area contributed by atoms with Crippen LogP contribution in [0, 0.1) is 0 Å². The zero-order valence-electron chi connectivity index (χ0n) is 13.0. The quantitative estimate of drug-likeness (QED) is 0.867. The van der Waals surface area contributed by atoms with Crippen LogP contribution in [0.1, 0.15) is 30.4 Å². The maximum Gasteiger partial charge on any atom is 0.241 e. The van der Waals surface area contributed by atoms with E-state index in [2.05, 4.69) is 4.72 Å². The van der Waals surface area contributed by atoms with Gasteiger partial charge in [-0.3, -0.25) is 0 Å². The van der Waals surface area contributed by atoms with Gasteiger partial charge in [0.2, 0.25) is 10.0 Å². The molecule has 1 fully saturated rings. The van der Waals surface area contributed by atoms with Crippen molar-refractivity contribution in [1.82, 2.24) is 4.72 Å². The molecule has 0 saturated carbocycles. The largest absolute Gasteiger partial charge is 0.496 e. The number of hydrogen-bond acceptors (Lipinski definition) is 5. The number of sulfone groups is 1. The summed E-state index contributed by atoms with van der Waals surface area (Å²) in [4.78, 5) is 0.261. The average Bonchev–Trinajstić information content (AvgIpc) is 2.84. The number of nitrogens with one attached hydrogen (secondary N) is 1. The molecule has 0 amide bonds. The number of fused-ring (bicyclic) bond motifs is 1. The number of hydrogen-bond donors (Lipinski definition) is 1. The first-order chi connectivity index (χ1) is 10.8. The van der Waals surface area contributed by atoms with Crippen LogP contribution in [0.3, 0.4) is 0 Å². The lowest BCUT2D eigenvalue weighted by Crippen LogP contribution is -2.36. The summed E-state index contributed by atoms with van der Waals surface area (Å²) in [6.45, 7) is 0. The smallest absolute Gasteiger partial charge is 0.241 e. The van der Waals surface area contributed by atoms with E-state index in [0.717, 1.165) is 36.1 Å². The van der Waals surface area contributed by atoms with E-state index in [1.54, 1.807) is 19.2 Å². The molecule has 23 heavy (non-hydrogen) atoms. The minimum Gasteiger partial charge on any atom is -0.496 e. The van der Waals surface area contributed by atoms with Gasteiger partial charge < -0.3 is 4.74 Å². The highest BCUT2D eigenvalue weighted by Crippen LogP contribution is 2.34. The maximum absolute atomic E-state index is 12.7. The second-order valence-corrected chi connectivity index (χ2v) is 10.1. The molecule has 1 aromatic rings. The van der Waals surface area contributed by atoms with Gasteiger partial charge in [-0.1, -0.05) is 0 Å². The zero-order valence-corrected chi connectivity index (χ0v) is 14.7. The van der Waals surface area contributed by atoms with E-state index in [9.17, 15) is 16.8 Å². The van der Waals surface area contributed by atoms with E-state index in [4.69, 9.17) is 4.74 Å². The molecule has 3 rings (SSSR count). The third kappa shape index (κ3) is 3.39. The molecular weight excluding hydrogens is 338 g/mol.